The molecule has 1 aromatic rings. The zero-order chi connectivity index (χ0) is 13.7. The maximum Gasteiger partial charge on any atom is 0.227 e. The van der Waals surface area contributed by atoms with Crippen LogP contribution in [0.4, 0.5) is 4.39 Å². The van der Waals surface area contributed by atoms with Crippen molar-refractivity contribution in [3.63, 3.8) is 0 Å². The van der Waals surface area contributed by atoms with Crippen molar-refractivity contribution in [3.05, 3.63) is 35.6 Å². The molecule has 1 aromatic carbocycles. The molecule has 4 heteroatoms. The number of hydrogen-bond donors (Lipinski definition) is 1. The number of hydrogen-bond acceptors (Lipinski definition) is 2. The van der Waals surface area contributed by atoms with Crippen LogP contribution < -0.4 is 5.32 Å². The number of carbonyl (C=O) groups is 1. The average molecular weight is 264 g/mol. The van der Waals surface area contributed by atoms with Crippen molar-refractivity contribution in [1.29, 1.82) is 0 Å². The Morgan fingerprint density at radius 2 is 2.05 bits per heavy atom. The molecule has 104 valence electrons. The Hall–Kier alpha value is -1.42. The van der Waals surface area contributed by atoms with E-state index < -0.39 is 0 Å². The predicted molar refractivity (Wildman–Crippen MR) is 73.3 cm³/mol. The molecule has 0 saturated carbocycles. The lowest BCUT2D eigenvalue weighted by Crippen LogP contribution is -2.41. The van der Waals surface area contributed by atoms with Gasteiger partial charge in [0.2, 0.25) is 5.91 Å². The van der Waals surface area contributed by atoms with Crippen molar-refractivity contribution in [3.8, 4) is 0 Å². The first-order chi connectivity index (χ1) is 9.20. The molecular formula is C15H21FN2O. The monoisotopic (exact) mass is 264 g/mol. The van der Waals surface area contributed by atoms with Gasteiger partial charge < -0.3 is 10.2 Å². The molecule has 1 amide bonds. The topological polar surface area (TPSA) is 32.3 Å². The maximum atomic E-state index is 13.5. The molecule has 0 bridgehead atoms. The summed E-state index contributed by atoms with van der Waals surface area (Å²) in [6.45, 7) is 2.59. The second-order valence-electron chi connectivity index (χ2n) is 5.15. The molecule has 0 spiro atoms. The van der Waals surface area contributed by atoms with Crippen LogP contribution in [-0.4, -0.2) is 37.5 Å². The zero-order valence-corrected chi connectivity index (χ0v) is 11.4. The highest BCUT2D eigenvalue weighted by Crippen LogP contribution is 2.17. The van der Waals surface area contributed by atoms with Crippen molar-refractivity contribution in [1.82, 2.24) is 10.2 Å². The first-order valence-electron chi connectivity index (χ1n) is 6.86. The van der Waals surface area contributed by atoms with Crippen molar-refractivity contribution in [2.45, 2.75) is 19.3 Å². The molecule has 0 radical (unpaired) electrons. The van der Waals surface area contributed by atoms with Crippen LogP contribution >= 0.6 is 0 Å². The third kappa shape index (κ3) is 3.77. The minimum Gasteiger partial charge on any atom is -0.342 e. The van der Waals surface area contributed by atoms with Gasteiger partial charge in [0.1, 0.15) is 5.82 Å². The molecule has 0 atom stereocenters. The molecular weight excluding hydrogens is 243 g/mol. The van der Waals surface area contributed by atoms with Gasteiger partial charge in [-0.1, -0.05) is 18.2 Å². The summed E-state index contributed by atoms with van der Waals surface area (Å²) >= 11 is 0. The van der Waals surface area contributed by atoms with Crippen molar-refractivity contribution < 1.29 is 9.18 Å². The second kappa shape index (κ2) is 6.66. The van der Waals surface area contributed by atoms with Gasteiger partial charge in [-0.15, -0.1) is 0 Å². The summed E-state index contributed by atoms with van der Waals surface area (Å²) in [6, 6.07) is 6.50. The molecule has 19 heavy (non-hydrogen) atoms. The highest BCUT2D eigenvalue weighted by Gasteiger charge is 2.22. The van der Waals surface area contributed by atoms with Gasteiger partial charge in [0.15, 0.2) is 0 Å². The standard InChI is InChI=1S/C15H21FN2O/c1-17-11-12-6-8-18(9-7-12)15(19)10-13-4-2-3-5-14(13)16/h2-5,12,17H,6-11H2,1H3. The Labute approximate surface area is 113 Å². The average Bonchev–Trinajstić information content (AvgIpc) is 2.42. The Kier molecular flexibility index (Phi) is 4.91. The highest BCUT2D eigenvalue weighted by atomic mass is 19.1. The number of amides is 1. The first kappa shape index (κ1) is 14.0. The van der Waals surface area contributed by atoms with E-state index in [2.05, 4.69) is 5.32 Å². The third-order valence-corrected chi connectivity index (χ3v) is 3.76. The third-order valence-electron chi connectivity index (χ3n) is 3.76. The number of nitrogens with zero attached hydrogens (tertiary/aromatic N) is 1. The second-order valence-corrected chi connectivity index (χ2v) is 5.15. The molecule has 0 unspecified atom stereocenters. The minimum atomic E-state index is -0.291. The van der Waals surface area contributed by atoms with E-state index in [9.17, 15) is 9.18 Å². The molecule has 1 saturated heterocycles. The van der Waals surface area contributed by atoms with E-state index in [0.717, 1.165) is 32.5 Å². The molecule has 1 heterocycles. The SMILES string of the molecule is CNCC1CCN(C(=O)Cc2ccccc2F)CC1. The highest BCUT2D eigenvalue weighted by molar-refractivity contribution is 5.78. The number of halogens is 1. The van der Waals surface area contributed by atoms with Gasteiger partial charge in [-0.05, 0) is 44.0 Å². The normalized spacial score (nSPS) is 16.6. The minimum absolute atomic E-state index is 0.0352. The number of piperidine rings is 1. The summed E-state index contributed by atoms with van der Waals surface area (Å²) in [5.74, 6) is 0.399. The summed E-state index contributed by atoms with van der Waals surface area (Å²) in [5, 5.41) is 3.18. The van der Waals surface area contributed by atoms with Crippen LogP contribution in [0.25, 0.3) is 0 Å². The lowest BCUT2D eigenvalue weighted by atomic mass is 9.96. The fourth-order valence-corrected chi connectivity index (χ4v) is 2.59. The lowest BCUT2D eigenvalue weighted by molar-refractivity contribution is -0.131. The molecule has 3 nitrogen and oxygen atoms in total. The summed E-state index contributed by atoms with van der Waals surface area (Å²) in [7, 11) is 1.95. The summed E-state index contributed by atoms with van der Waals surface area (Å²) in [5.41, 5.74) is 0.491. The first-order valence-corrected chi connectivity index (χ1v) is 6.86. The van der Waals surface area contributed by atoms with E-state index >= 15 is 0 Å². The Morgan fingerprint density at radius 3 is 2.68 bits per heavy atom. The van der Waals surface area contributed by atoms with Gasteiger partial charge in [-0.2, -0.15) is 0 Å². The number of nitrogens with one attached hydrogen (secondary N) is 1. The van der Waals surface area contributed by atoms with Crippen LogP contribution in [-0.2, 0) is 11.2 Å². The Bertz CT molecular complexity index is 428. The Balaban J connectivity index is 1.87. The van der Waals surface area contributed by atoms with Crippen LogP contribution in [0.3, 0.4) is 0 Å². The zero-order valence-electron chi connectivity index (χ0n) is 11.4. The van der Waals surface area contributed by atoms with Crippen LogP contribution in [0.15, 0.2) is 24.3 Å². The van der Waals surface area contributed by atoms with E-state index in [4.69, 9.17) is 0 Å². The largest absolute Gasteiger partial charge is 0.342 e. The van der Waals surface area contributed by atoms with Crippen LogP contribution in [0.5, 0.6) is 0 Å². The Morgan fingerprint density at radius 1 is 1.37 bits per heavy atom. The van der Waals surface area contributed by atoms with E-state index in [1.807, 2.05) is 11.9 Å². The molecule has 1 aliphatic heterocycles. The molecule has 1 aliphatic rings. The van der Waals surface area contributed by atoms with Gasteiger partial charge in [-0.3, -0.25) is 4.79 Å². The molecule has 1 fully saturated rings. The molecule has 1 N–H and O–H groups in total. The summed E-state index contributed by atoms with van der Waals surface area (Å²) < 4.78 is 13.5. The lowest BCUT2D eigenvalue weighted by Gasteiger charge is -2.32. The number of carbonyl (C=O) groups excluding carboxylic acids is 1. The smallest absolute Gasteiger partial charge is 0.227 e. The van der Waals surface area contributed by atoms with Crippen molar-refractivity contribution >= 4 is 5.91 Å². The number of likely N-dealkylation sites (tertiary alicyclic amines) is 1. The van der Waals surface area contributed by atoms with Crippen molar-refractivity contribution in [2.24, 2.45) is 5.92 Å². The predicted octanol–water partition coefficient (Wildman–Crippen LogP) is 1.83. The fraction of sp³-hybridized carbons (Fsp3) is 0.533. The molecule has 2 rings (SSSR count). The van der Waals surface area contributed by atoms with E-state index in [0.29, 0.717) is 11.5 Å². The van der Waals surface area contributed by atoms with Gasteiger partial charge in [0, 0.05) is 13.1 Å². The van der Waals surface area contributed by atoms with E-state index in [1.165, 1.54) is 6.07 Å². The van der Waals surface area contributed by atoms with Gasteiger partial charge >= 0.3 is 0 Å². The summed E-state index contributed by atoms with van der Waals surface area (Å²) in [6.07, 6.45) is 2.23. The summed E-state index contributed by atoms with van der Waals surface area (Å²) in [4.78, 5) is 14.0. The molecule has 0 aromatic heterocycles. The van der Waals surface area contributed by atoms with Gasteiger partial charge in [0.25, 0.3) is 0 Å². The van der Waals surface area contributed by atoms with E-state index in [-0.39, 0.29) is 18.1 Å². The maximum absolute atomic E-state index is 13.5. The van der Waals surface area contributed by atoms with E-state index in [1.54, 1.807) is 18.2 Å². The number of rotatable bonds is 4. The van der Waals surface area contributed by atoms with Gasteiger partial charge in [0.05, 0.1) is 6.42 Å². The van der Waals surface area contributed by atoms with Crippen LogP contribution in [0.2, 0.25) is 0 Å². The number of benzene rings is 1. The van der Waals surface area contributed by atoms with Gasteiger partial charge in [-0.25, -0.2) is 4.39 Å². The van der Waals surface area contributed by atoms with Crippen LogP contribution in [0, 0.1) is 11.7 Å². The fourth-order valence-electron chi connectivity index (χ4n) is 2.59. The quantitative estimate of drug-likeness (QED) is 0.900. The van der Waals surface area contributed by atoms with Crippen LogP contribution in [0.1, 0.15) is 18.4 Å². The molecule has 0 aliphatic carbocycles. The van der Waals surface area contributed by atoms with Crippen molar-refractivity contribution in [2.75, 3.05) is 26.7 Å².